The summed E-state index contributed by atoms with van der Waals surface area (Å²) < 4.78 is 0. The molecule has 1 nitrogen and oxygen atoms in total. The number of hydrogen-bond donors (Lipinski definition) is 0. The number of Topliss-reactive ketones (excluding diaryl/α,β-unsaturated/α-hetero) is 1. The van der Waals surface area contributed by atoms with Gasteiger partial charge in [0.15, 0.2) is 5.78 Å². The van der Waals surface area contributed by atoms with Gasteiger partial charge < -0.3 is 0 Å². The molecule has 0 saturated heterocycles. The highest BCUT2D eigenvalue weighted by Gasteiger charge is 2.33. The minimum Gasteiger partial charge on any atom is -0.294 e. The highest BCUT2D eigenvalue weighted by molar-refractivity contribution is 6.02. The van der Waals surface area contributed by atoms with E-state index < -0.39 is 0 Å². The van der Waals surface area contributed by atoms with Gasteiger partial charge in [0.05, 0.1) is 0 Å². The van der Waals surface area contributed by atoms with Crippen LogP contribution in [0.5, 0.6) is 0 Å². The zero-order valence-corrected chi connectivity index (χ0v) is 9.36. The lowest BCUT2D eigenvalue weighted by Gasteiger charge is -2.29. The molecule has 0 spiro atoms. The second-order valence-electron chi connectivity index (χ2n) is 4.37. The fourth-order valence-corrected chi connectivity index (χ4v) is 1.89. The molecule has 0 fully saturated rings. The maximum absolute atomic E-state index is 11.9. The molecule has 1 aliphatic rings. The largest absolute Gasteiger partial charge is 0.294 e. The van der Waals surface area contributed by atoms with Gasteiger partial charge in [0.2, 0.25) is 0 Å². The van der Waals surface area contributed by atoms with Crippen molar-refractivity contribution in [3.8, 4) is 0 Å². The van der Waals surface area contributed by atoms with Crippen LogP contribution in [0.3, 0.4) is 0 Å². The number of halogens is 1. The van der Waals surface area contributed by atoms with Crippen LogP contribution in [-0.4, -0.2) is 5.78 Å². The molecule has 0 unspecified atom stereocenters. The van der Waals surface area contributed by atoms with Gasteiger partial charge in [-0.15, -0.1) is 12.4 Å². The van der Waals surface area contributed by atoms with Gasteiger partial charge >= 0.3 is 0 Å². The van der Waals surface area contributed by atoms with Gasteiger partial charge in [-0.3, -0.25) is 4.79 Å². The van der Waals surface area contributed by atoms with E-state index in [4.69, 9.17) is 0 Å². The average Bonchev–Trinajstić information content (AvgIpc) is 2.13. The van der Waals surface area contributed by atoms with E-state index in [0.717, 1.165) is 18.4 Å². The molecule has 1 aromatic carbocycles. The molecule has 0 amide bonds. The van der Waals surface area contributed by atoms with Crippen LogP contribution in [0.2, 0.25) is 0 Å². The van der Waals surface area contributed by atoms with Crippen LogP contribution in [0.1, 0.15) is 36.2 Å². The van der Waals surface area contributed by atoms with Crippen LogP contribution in [0, 0.1) is 5.41 Å². The highest BCUT2D eigenvalue weighted by atomic mass is 35.5. The molecular formula is C12H15ClO. The van der Waals surface area contributed by atoms with E-state index in [0.29, 0.717) is 5.78 Å². The summed E-state index contributed by atoms with van der Waals surface area (Å²) in [6, 6.07) is 7.95. The van der Waals surface area contributed by atoms with Crippen LogP contribution in [0.25, 0.3) is 0 Å². The smallest absolute Gasteiger partial charge is 0.168 e. The Hall–Kier alpha value is -0.820. The Bertz CT molecular complexity index is 355. The molecule has 0 aliphatic heterocycles. The van der Waals surface area contributed by atoms with Crippen molar-refractivity contribution in [1.29, 1.82) is 0 Å². The third-order valence-electron chi connectivity index (χ3n) is 2.90. The topological polar surface area (TPSA) is 17.1 Å². The lowest BCUT2D eigenvalue weighted by atomic mass is 9.73. The molecule has 0 saturated carbocycles. The Kier molecular flexibility index (Phi) is 3.01. The third kappa shape index (κ3) is 1.69. The monoisotopic (exact) mass is 210 g/mol. The van der Waals surface area contributed by atoms with Crippen molar-refractivity contribution in [3.05, 3.63) is 35.4 Å². The summed E-state index contributed by atoms with van der Waals surface area (Å²) >= 11 is 0. The fourth-order valence-electron chi connectivity index (χ4n) is 1.89. The quantitative estimate of drug-likeness (QED) is 0.643. The number of carbonyl (C=O) groups is 1. The molecule has 14 heavy (non-hydrogen) atoms. The zero-order valence-electron chi connectivity index (χ0n) is 8.54. The molecular weight excluding hydrogens is 196 g/mol. The predicted molar refractivity (Wildman–Crippen MR) is 60.1 cm³/mol. The van der Waals surface area contributed by atoms with Crippen molar-refractivity contribution in [2.75, 3.05) is 0 Å². The van der Waals surface area contributed by atoms with E-state index in [2.05, 4.69) is 6.07 Å². The maximum Gasteiger partial charge on any atom is 0.168 e. The van der Waals surface area contributed by atoms with Crippen molar-refractivity contribution in [2.24, 2.45) is 5.41 Å². The van der Waals surface area contributed by atoms with E-state index in [1.54, 1.807) is 0 Å². The van der Waals surface area contributed by atoms with Crippen molar-refractivity contribution in [3.63, 3.8) is 0 Å². The number of benzene rings is 1. The highest BCUT2D eigenvalue weighted by Crippen LogP contribution is 2.34. The van der Waals surface area contributed by atoms with Crippen LogP contribution < -0.4 is 0 Å². The lowest BCUT2D eigenvalue weighted by Crippen LogP contribution is -2.30. The summed E-state index contributed by atoms with van der Waals surface area (Å²) in [6.07, 6.45) is 2.01. The van der Waals surface area contributed by atoms with E-state index in [1.807, 2.05) is 32.0 Å². The molecule has 2 heteroatoms. The second-order valence-corrected chi connectivity index (χ2v) is 4.37. The van der Waals surface area contributed by atoms with E-state index in [1.165, 1.54) is 5.56 Å². The Morgan fingerprint density at radius 2 is 1.86 bits per heavy atom. The molecule has 0 N–H and O–H groups in total. The molecule has 1 aliphatic carbocycles. The zero-order chi connectivity index (χ0) is 9.47. The summed E-state index contributed by atoms with van der Waals surface area (Å²) in [5.41, 5.74) is 1.99. The predicted octanol–water partition coefficient (Wildman–Crippen LogP) is 3.26. The SMILES string of the molecule is CC1(C)CCc2ccccc2C1=O.Cl. The van der Waals surface area contributed by atoms with Gasteiger partial charge in [-0.25, -0.2) is 0 Å². The second kappa shape index (κ2) is 3.74. The van der Waals surface area contributed by atoms with Crippen molar-refractivity contribution in [2.45, 2.75) is 26.7 Å². The summed E-state index contributed by atoms with van der Waals surface area (Å²) in [7, 11) is 0. The Labute approximate surface area is 90.9 Å². The number of aryl methyl sites for hydroxylation is 1. The summed E-state index contributed by atoms with van der Waals surface area (Å²) in [5.74, 6) is 0.300. The third-order valence-corrected chi connectivity index (χ3v) is 2.90. The Morgan fingerprint density at radius 3 is 2.57 bits per heavy atom. The minimum atomic E-state index is -0.158. The minimum absolute atomic E-state index is 0. The number of fused-ring (bicyclic) bond motifs is 1. The number of carbonyl (C=O) groups excluding carboxylic acids is 1. The molecule has 0 atom stereocenters. The van der Waals surface area contributed by atoms with E-state index >= 15 is 0 Å². The van der Waals surface area contributed by atoms with Gasteiger partial charge in [-0.1, -0.05) is 38.1 Å². The van der Waals surface area contributed by atoms with Crippen molar-refractivity contribution >= 4 is 18.2 Å². The van der Waals surface area contributed by atoms with E-state index in [9.17, 15) is 4.79 Å². The first-order valence-corrected chi connectivity index (χ1v) is 4.74. The summed E-state index contributed by atoms with van der Waals surface area (Å²) in [4.78, 5) is 11.9. The number of hydrogen-bond acceptors (Lipinski definition) is 1. The molecule has 0 radical (unpaired) electrons. The normalized spacial score (nSPS) is 18.3. The average molecular weight is 211 g/mol. The number of ketones is 1. The van der Waals surface area contributed by atoms with Crippen LogP contribution in [0.4, 0.5) is 0 Å². The van der Waals surface area contributed by atoms with Gasteiger partial charge in [0.1, 0.15) is 0 Å². The van der Waals surface area contributed by atoms with Gasteiger partial charge in [-0.2, -0.15) is 0 Å². The first-order valence-electron chi connectivity index (χ1n) is 4.74. The molecule has 1 aromatic rings. The van der Waals surface area contributed by atoms with Crippen molar-refractivity contribution in [1.82, 2.24) is 0 Å². The Morgan fingerprint density at radius 1 is 1.21 bits per heavy atom. The summed E-state index contributed by atoms with van der Waals surface area (Å²) in [5, 5.41) is 0. The van der Waals surface area contributed by atoms with Crippen molar-refractivity contribution < 1.29 is 4.79 Å². The van der Waals surface area contributed by atoms with Gasteiger partial charge in [0.25, 0.3) is 0 Å². The number of rotatable bonds is 0. The fraction of sp³-hybridized carbons (Fsp3) is 0.417. The molecule has 0 heterocycles. The van der Waals surface area contributed by atoms with Crippen LogP contribution >= 0.6 is 12.4 Å². The Balaban J connectivity index is 0.000000980. The molecule has 76 valence electrons. The van der Waals surface area contributed by atoms with Gasteiger partial charge in [-0.05, 0) is 18.4 Å². The first kappa shape index (κ1) is 11.3. The van der Waals surface area contributed by atoms with E-state index in [-0.39, 0.29) is 17.8 Å². The van der Waals surface area contributed by atoms with Gasteiger partial charge in [0, 0.05) is 11.0 Å². The maximum atomic E-state index is 11.9. The van der Waals surface area contributed by atoms with Crippen LogP contribution in [-0.2, 0) is 6.42 Å². The molecule has 2 rings (SSSR count). The standard InChI is InChI=1S/C12H14O.ClH/c1-12(2)8-7-9-5-3-4-6-10(9)11(12)13;/h3-6H,7-8H2,1-2H3;1H. The lowest BCUT2D eigenvalue weighted by molar-refractivity contribution is 0.0811. The molecule has 0 aromatic heterocycles. The molecule has 0 bridgehead atoms. The first-order chi connectivity index (χ1) is 6.11. The van der Waals surface area contributed by atoms with Crippen LogP contribution in [0.15, 0.2) is 24.3 Å². The summed E-state index contributed by atoms with van der Waals surface area (Å²) in [6.45, 7) is 4.07.